The van der Waals surface area contributed by atoms with E-state index in [1.165, 1.54) is 44.5 Å². The zero-order valence-electron chi connectivity index (χ0n) is 14.7. The van der Waals surface area contributed by atoms with Crippen LogP contribution in [-0.2, 0) is 0 Å². The summed E-state index contributed by atoms with van der Waals surface area (Å²) < 4.78 is 0. The van der Waals surface area contributed by atoms with E-state index < -0.39 is 0 Å². The lowest BCUT2D eigenvalue weighted by molar-refractivity contribution is 1.16. The van der Waals surface area contributed by atoms with Crippen molar-refractivity contribution in [1.29, 1.82) is 0 Å². The lowest BCUT2D eigenvalue weighted by Gasteiger charge is -2.20. The smallest absolute Gasteiger partial charge is 0.0120 e. The highest BCUT2D eigenvalue weighted by molar-refractivity contribution is 5.83. The van der Waals surface area contributed by atoms with Gasteiger partial charge >= 0.3 is 0 Å². The molecule has 0 radical (unpaired) electrons. The number of rotatable bonds is 3. The summed E-state index contributed by atoms with van der Waals surface area (Å²) in [4.78, 5) is 0. The van der Waals surface area contributed by atoms with E-state index in [1.54, 1.807) is 0 Å². The maximum atomic E-state index is 4.38. The molecule has 114 valence electrons. The Morgan fingerprint density at radius 2 is 1.00 bits per heavy atom. The molecule has 2 aromatic carbocycles. The van der Waals surface area contributed by atoms with Gasteiger partial charge in [-0.3, -0.25) is 0 Å². The molecule has 0 aliphatic rings. The summed E-state index contributed by atoms with van der Waals surface area (Å²) in [5, 5.41) is 0. The predicted octanol–water partition coefficient (Wildman–Crippen LogP) is 6.32. The Morgan fingerprint density at radius 3 is 1.41 bits per heavy atom. The molecule has 0 aromatic heterocycles. The van der Waals surface area contributed by atoms with Gasteiger partial charge in [0.25, 0.3) is 0 Å². The van der Waals surface area contributed by atoms with E-state index in [9.17, 15) is 0 Å². The molecule has 0 nitrogen and oxygen atoms in total. The number of hydrogen-bond donors (Lipinski definition) is 0. The van der Waals surface area contributed by atoms with Gasteiger partial charge in [0.05, 0.1) is 0 Å². The van der Waals surface area contributed by atoms with Gasteiger partial charge in [-0.1, -0.05) is 43.0 Å². The lowest BCUT2D eigenvalue weighted by atomic mass is 9.84. The Hall–Kier alpha value is -2.08. The van der Waals surface area contributed by atoms with Crippen LogP contribution in [0, 0.1) is 34.6 Å². The van der Waals surface area contributed by atoms with Crippen LogP contribution in [-0.4, -0.2) is 0 Å². The molecule has 0 heterocycles. The molecule has 0 bridgehead atoms. The van der Waals surface area contributed by atoms with Crippen molar-refractivity contribution in [2.75, 3.05) is 0 Å². The van der Waals surface area contributed by atoms with E-state index in [0.29, 0.717) is 0 Å². The van der Waals surface area contributed by atoms with Crippen molar-refractivity contribution < 1.29 is 0 Å². The normalized spacial score (nSPS) is 10.6. The minimum Gasteiger partial charge on any atom is -0.0955 e. The van der Waals surface area contributed by atoms with Gasteiger partial charge in [-0.25, -0.2) is 0 Å². The topological polar surface area (TPSA) is 0 Å². The fourth-order valence-corrected chi connectivity index (χ4v) is 3.05. The Labute approximate surface area is 135 Å². The maximum Gasteiger partial charge on any atom is -0.0120 e. The van der Waals surface area contributed by atoms with Crippen LogP contribution in [0.1, 0.15) is 51.4 Å². The van der Waals surface area contributed by atoms with Gasteiger partial charge in [-0.2, -0.15) is 0 Å². The van der Waals surface area contributed by atoms with Gasteiger partial charge in [0.15, 0.2) is 0 Å². The van der Waals surface area contributed by atoms with Crippen LogP contribution >= 0.6 is 0 Å². The van der Waals surface area contributed by atoms with Crippen LogP contribution in [0.3, 0.4) is 0 Å². The molecule has 0 atom stereocenters. The van der Waals surface area contributed by atoms with Gasteiger partial charge in [0.2, 0.25) is 0 Å². The third kappa shape index (κ3) is 2.66. The number of allylic oxidation sites excluding steroid dienone is 1. The van der Waals surface area contributed by atoms with Crippen molar-refractivity contribution in [3.63, 3.8) is 0 Å². The highest BCUT2D eigenvalue weighted by atomic mass is 14.2. The first-order chi connectivity index (χ1) is 10.3. The van der Waals surface area contributed by atoms with Crippen LogP contribution in [0.4, 0.5) is 0 Å². The number of benzene rings is 2. The van der Waals surface area contributed by atoms with Crippen LogP contribution in [0.5, 0.6) is 0 Å². The van der Waals surface area contributed by atoms with Crippen molar-refractivity contribution in [3.05, 3.63) is 81.9 Å². The molecule has 0 saturated heterocycles. The Morgan fingerprint density at radius 1 is 0.636 bits per heavy atom. The first kappa shape index (κ1) is 16.3. The SMILES string of the molecule is C=C(C)c1ccc(C(=C)c2c(C)c(C)c(C)c(C)c2C)cc1. The molecule has 22 heavy (non-hydrogen) atoms. The quantitative estimate of drug-likeness (QED) is 0.620. The third-order valence-electron chi connectivity index (χ3n) is 5.03. The zero-order valence-corrected chi connectivity index (χ0v) is 14.7. The van der Waals surface area contributed by atoms with Crippen LogP contribution < -0.4 is 0 Å². The molecule has 0 N–H and O–H groups in total. The summed E-state index contributed by atoms with van der Waals surface area (Å²) in [7, 11) is 0. The third-order valence-corrected chi connectivity index (χ3v) is 5.03. The summed E-state index contributed by atoms with van der Waals surface area (Å²) in [6.45, 7) is 21.4. The number of hydrogen-bond acceptors (Lipinski definition) is 0. The molecule has 2 aromatic rings. The fraction of sp³-hybridized carbons (Fsp3) is 0.273. The summed E-state index contributed by atoms with van der Waals surface area (Å²) in [6, 6.07) is 8.55. The molecule has 2 rings (SSSR count). The zero-order chi connectivity index (χ0) is 16.6. The molecular weight excluding hydrogens is 264 g/mol. The minimum atomic E-state index is 1.09. The Bertz CT molecular complexity index is 727. The van der Waals surface area contributed by atoms with Crippen molar-refractivity contribution in [2.24, 2.45) is 0 Å². The summed E-state index contributed by atoms with van der Waals surface area (Å²) in [6.07, 6.45) is 0. The first-order valence-corrected chi connectivity index (χ1v) is 7.78. The van der Waals surface area contributed by atoms with Gasteiger partial charge in [0.1, 0.15) is 0 Å². The van der Waals surface area contributed by atoms with E-state index in [4.69, 9.17) is 0 Å². The van der Waals surface area contributed by atoms with Crippen LogP contribution in [0.2, 0.25) is 0 Å². The summed E-state index contributed by atoms with van der Waals surface area (Å²) >= 11 is 0. The largest absolute Gasteiger partial charge is 0.0955 e. The molecule has 0 heteroatoms. The molecule has 0 unspecified atom stereocenters. The average molecular weight is 290 g/mol. The van der Waals surface area contributed by atoms with E-state index >= 15 is 0 Å². The maximum absolute atomic E-state index is 4.38. The van der Waals surface area contributed by atoms with Gasteiger partial charge in [-0.05, 0) is 91.6 Å². The van der Waals surface area contributed by atoms with Gasteiger partial charge in [0, 0.05) is 0 Å². The van der Waals surface area contributed by atoms with Gasteiger partial charge < -0.3 is 0 Å². The molecule has 0 fully saturated rings. The predicted molar refractivity (Wildman–Crippen MR) is 99.4 cm³/mol. The molecule has 0 aliphatic carbocycles. The second-order valence-electron chi connectivity index (χ2n) is 6.34. The highest BCUT2D eigenvalue weighted by Crippen LogP contribution is 2.33. The fourth-order valence-electron chi connectivity index (χ4n) is 3.05. The second kappa shape index (κ2) is 5.96. The Balaban J connectivity index is 2.57. The van der Waals surface area contributed by atoms with E-state index in [0.717, 1.165) is 11.1 Å². The van der Waals surface area contributed by atoms with Crippen molar-refractivity contribution in [3.8, 4) is 0 Å². The van der Waals surface area contributed by atoms with Crippen molar-refractivity contribution in [2.45, 2.75) is 41.5 Å². The highest BCUT2D eigenvalue weighted by Gasteiger charge is 2.15. The monoisotopic (exact) mass is 290 g/mol. The molecule has 0 saturated carbocycles. The summed E-state index contributed by atoms with van der Waals surface area (Å²) in [5.41, 5.74) is 12.7. The Kier molecular flexibility index (Phi) is 4.42. The van der Waals surface area contributed by atoms with E-state index in [2.05, 4.69) is 72.0 Å². The van der Waals surface area contributed by atoms with Crippen molar-refractivity contribution >= 4 is 11.1 Å². The molecule has 0 spiro atoms. The van der Waals surface area contributed by atoms with E-state index in [1.807, 2.05) is 6.92 Å². The lowest BCUT2D eigenvalue weighted by Crippen LogP contribution is -2.02. The second-order valence-corrected chi connectivity index (χ2v) is 6.34. The average Bonchev–Trinajstić information content (AvgIpc) is 2.51. The minimum absolute atomic E-state index is 1.09. The van der Waals surface area contributed by atoms with Crippen LogP contribution in [0.15, 0.2) is 37.4 Å². The molecular formula is C22H26. The van der Waals surface area contributed by atoms with Crippen molar-refractivity contribution in [1.82, 2.24) is 0 Å². The van der Waals surface area contributed by atoms with E-state index in [-0.39, 0.29) is 0 Å². The molecule has 0 aliphatic heterocycles. The summed E-state index contributed by atoms with van der Waals surface area (Å²) in [5.74, 6) is 0. The molecule has 0 amide bonds. The standard InChI is InChI=1S/C22H26/c1-13(2)20-9-11-21(12-10-20)19(8)22-17(6)15(4)14(3)16(5)18(22)7/h9-12H,1,8H2,2-7H3. The van der Waals surface area contributed by atoms with Crippen LogP contribution in [0.25, 0.3) is 11.1 Å². The first-order valence-electron chi connectivity index (χ1n) is 7.78. The van der Waals surface area contributed by atoms with Gasteiger partial charge in [-0.15, -0.1) is 0 Å².